The second-order valence-electron chi connectivity index (χ2n) is 5.88. The average Bonchev–Trinajstić information content (AvgIpc) is 3.38. The maximum absolute atomic E-state index is 12.8. The Morgan fingerprint density at radius 2 is 1.83 bits per heavy atom. The summed E-state index contributed by atoms with van der Waals surface area (Å²) in [4.78, 5) is 0. The Morgan fingerprint density at radius 1 is 1.17 bits per heavy atom. The lowest BCUT2D eigenvalue weighted by Gasteiger charge is -2.22. The molecule has 3 rings (SSSR count). The van der Waals surface area contributed by atoms with Crippen molar-refractivity contribution < 1.29 is 17.9 Å². The van der Waals surface area contributed by atoms with Crippen molar-refractivity contribution in [2.75, 3.05) is 24.6 Å². The molecular weight excluding hydrogens is 326 g/mol. The van der Waals surface area contributed by atoms with Gasteiger partial charge in [-0.15, -0.1) is 0 Å². The van der Waals surface area contributed by atoms with E-state index in [2.05, 4.69) is 0 Å². The Bertz CT molecular complexity index is 815. The second-order valence-corrected chi connectivity index (χ2v) is 7.88. The van der Waals surface area contributed by atoms with Crippen molar-refractivity contribution in [2.45, 2.75) is 18.8 Å². The van der Waals surface area contributed by atoms with Crippen LogP contribution in [0.5, 0.6) is 5.75 Å². The van der Waals surface area contributed by atoms with Crippen LogP contribution < -0.4 is 9.04 Å². The smallest absolute Gasteiger partial charge is 0.239 e. The van der Waals surface area contributed by atoms with Crippen LogP contribution in [0.4, 0.5) is 5.69 Å². The summed E-state index contributed by atoms with van der Waals surface area (Å²) >= 11 is 0. The molecule has 2 aromatic rings. The fraction of sp³-hybridized carbons (Fsp3) is 0.333. The lowest BCUT2D eigenvalue weighted by molar-refractivity contribution is 0.261. The summed E-state index contributed by atoms with van der Waals surface area (Å²) in [6.07, 6.45) is 0.129. The third-order valence-electron chi connectivity index (χ3n) is 4.01. The second kappa shape index (κ2) is 6.83. The third-order valence-corrected chi connectivity index (χ3v) is 5.72. The normalized spacial score (nSPS) is 16.7. The molecule has 128 valence electrons. The van der Waals surface area contributed by atoms with E-state index in [1.807, 2.05) is 37.3 Å². The van der Waals surface area contributed by atoms with Crippen LogP contribution >= 0.6 is 0 Å². The molecule has 1 saturated heterocycles. The molecule has 5 nitrogen and oxygen atoms in total. The predicted octanol–water partition coefficient (Wildman–Crippen LogP) is 2.74. The van der Waals surface area contributed by atoms with E-state index in [4.69, 9.17) is 9.47 Å². The first-order valence-corrected chi connectivity index (χ1v) is 9.43. The Labute approximate surface area is 142 Å². The predicted molar refractivity (Wildman–Crippen MR) is 93.9 cm³/mol. The van der Waals surface area contributed by atoms with Gasteiger partial charge in [-0.05, 0) is 24.6 Å². The number of benzene rings is 2. The highest BCUT2D eigenvalue weighted by Gasteiger charge is 2.25. The van der Waals surface area contributed by atoms with E-state index in [9.17, 15) is 8.42 Å². The van der Waals surface area contributed by atoms with Crippen LogP contribution in [0.15, 0.2) is 48.5 Å². The van der Waals surface area contributed by atoms with Crippen molar-refractivity contribution in [3.63, 3.8) is 0 Å². The highest BCUT2D eigenvalue weighted by atomic mass is 32.2. The Kier molecular flexibility index (Phi) is 4.78. The number of sulfonamides is 1. The first-order chi connectivity index (χ1) is 11.5. The summed E-state index contributed by atoms with van der Waals surface area (Å²) in [6.45, 7) is 3.05. The van der Waals surface area contributed by atoms with E-state index in [0.29, 0.717) is 30.2 Å². The zero-order chi connectivity index (χ0) is 17.2. The van der Waals surface area contributed by atoms with Crippen molar-refractivity contribution in [1.29, 1.82) is 0 Å². The molecule has 0 aromatic heterocycles. The molecule has 1 aliphatic rings. The fourth-order valence-corrected chi connectivity index (χ4v) is 3.80. The van der Waals surface area contributed by atoms with Gasteiger partial charge in [-0.3, -0.25) is 4.31 Å². The van der Waals surface area contributed by atoms with Crippen molar-refractivity contribution in [3.05, 3.63) is 59.7 Å². The molecule has 0 N–H and O–H groups in total. The summed E-state index contributed by atoms with van der Waals surface area (Å²) in [5.41, 5.74) is 2.25. The molecule has 0 spiro atoms. The SMILES string of the molecule is Cc1ccccc1N(C)S(=O)(=O)Cc1ccccc1OCC1CO1. The Morgan fingerprint density at radius 3 is 2.54 bits per heavy atom. The Balaban J connectivity index is 1.80. The largest absolute Gasteiger partial charge is 0.490 e. The van der Waals surface area contributed by atoms with E-state index < -0.39 is 10.0 Å². The molecule has 0 bridgehead atoms. The summed E-state index contributed by atoms with van der Waals surface area (Å²) in [7, 11) is -1.93. The fourth-order valence-electron chi connectivity index (χ4n) is 2.47. The van der Waals surface area contributed by atoms with Gasteiger partial charge in [0.2, 0.25) is 10.0 Å². The molecule has 6 heteroatoms. The van der Waals surface area contributed by atoms with Gasteiger partial charge in [0, 0.05) is 12.6 Å². The first-order valence-electron chi connectivity index (χ1n) is 7.82. The zero-order valence-corrected chi connectivity index (χ0v) is 14.6. The van der Waals surface area contributed by atoms with Crippen molar-refractivity contribution in [3.8, 4) is 5.75 Å². The van der Waals surface area contributed by atoms with Gasteiger partial charge in [0.05, 0.1) is 18.0 Å². The van der Waals surface area contributed by atoms with Gasteiger partial charge in [-0.2, -0.15) is 0 Å². The van der Waals surface area contributed by atoms with Gasteiger partial charge in [0.15, 0.2) is 0 Å². The van der Waals surface area contributed by atoms with E-state index in [1.54, 1.807) is 25.2 Å². The molecule has 1 unspecified atom stereocenters. The molecular formula is C18H21NO4S. The molecule has 24 heavy (non-hydrogen) atoms. The van der Waals surface area contributed by atoms with E-state index in [1.165, 1.54) is 4.31 Å². The standard InChI is InChI=1S/C18H21NO4S/c1-14-7-3-5-9-17(14)19(2)24(20,21)13-15-8-4-6-10-18(15)23-12-16-11-22-16/h3-10,16H,11-13H2,1-2H3. The molecule has 0 amide bonds. The summed E-state index contributed by atoms with van der Waals surface area (Å²) in [6, 6.07) is 14.7. The maximum Gasteiger partial charge on any atom is 0.239 e. The van der Waals surface area contributed by atoms with Crippen molar-refractivity contribution in [2.24, 2.45) is 0 Å². The molecule has 1 aliphatic heterocycles. The lowest BCUT2D eigenvalue weighted by Crippen LogP contribution is -2.28. The summed E-state index contributed by atoms with van der Waals surface area (Å²) < 4.78 is 37.8. The monoisotopic (exact) mass is 347 g/mol. The minimum atomic E-state index is -3.51. The molecule has 0 radical (unpaired) electrons. The zero-order valence-electron chi connectivity index (χ0n) is 13.8. The number of ether oxygens (including phenoxy) is 2. The number of rotatable bonds is 7. The molecule has 0 aliphatic carbocycles. The maximum atomic E-state index is 12.8. The number of hydrogen-bond donors (Lipinski definition) is 0. The summed E-state index contributed by atoms with van der Waals surface area (Å²) in [5, 5.41) is 0. The highest BCUT2D eigenvalue weighted by Crippen LogP contribution is 2.26. The van der Waals surface area contributed by atoms with Crippen LogP contribution in [-0.2, 0) is 20.5 Å². The topological polar surface area (TPSA) is 59.1 Å². The van der Waals surface area contributed by atoms with Gasteiger partial charge >= 0.3 is 0 Å². The minimum Gasteiger partial charge on any atom is -0.490 e. The van der Waals surface area contributed by atoms with Crippen LogP contribution in [0.2, 0.25) is 0 Å². The van der Waals surface area contributed by atoms with E-state index >= 15 is 0 Å². The first kappa shape index (κ1) is 16.8. The Hall–Kier alpha value is -2.05. The van der Waals surface area contributed by atoms with Gasteiger partial charge < -0.3 is 9.47 Å². The van der Waals surface area contributed by atoms with E-state index in [0.717, 1.165) is 5.56 Å². The quantitative estimate of drug-likeness (QED) is 0.723. The van der Waals surface area contributed by atoms with Crippen LogP contribution in [-0.4, -0.2) is 34.8 Å². The number of aryl methyl sites for hydroxylation is 1. The molecule has 1 heterocycles. The molecule has 0 saturated carbocycles. The summed E-state index contributed by atoms with van der Waals surface area (Å²) in [5.74, 6) is 0.481. The van der Waals surface area contributed by atoms with Gasteiger partial charge in [0.1, 0.15) is 18.5 Å². The number of hydrogen-bond acceptors (Lipinski definition) is 4. The minimum absolute atomic E-state index is 0.112. The van der Waals surface area contributed by atoms with Crippen molar-refractivity contribution in [1.82, 2.24) is 0 Å². The molecule has 1 atom stereocenters. The third kappa shape index (κ3) is 3.88. The number of nitrogens with zero attached hydrogens (tertiary/aromatic N) is 1. The van der Waals surface area contributed by atoms with Crippen LogP contribution in [0.1, 0.15) is 11.1 Å². The van der Waals surface area contributed by atoms with Crippen LogP contribution in [0, 0.1) is 6.92 Å². The van der Waals surface area contributed by atoms with Gasteiger partial charge in [-0.25, -0.2) is 8.42 Å². The van der Waals surface area contributed by atoms with Crippen molar-refractivity contribution >= 4 is 15.7 Å². The number of epoxide rings is 1. The number of anilines is 1. The van der Waals surface area contributed by atoms with Gasteiger partial charge in [-0.1, -0.05) is 36.4 Å². The molecule has 1 fully saturated rings. The lowest BCUT2D eigenvalue weighted by atomic mass is 10.2. The van der Waals surface area contributed by atoms with Crippen LogP contribution in [0.25, 0.3) is 0 Å². The highest BCUT2D eigenvalue weighted by molar-refractivity contribution is 7.92. The number of para-hydroxylation sites is 2. The van der Waals surface area contributed by atoms with Gasteiger partial charge in [0.25, 0.3) is 0 Å². The van der Waals surface area contributed by atoms with E-state index in [-0.39, 0.29) is 11.9 Å². The van der Waals surface area contributed by atoms with Crippen LogP contribution in [0.3, 0.4) is 0 Å². The average molecular weight is 347 g/mol. The molecule has 2 aromatic carbocycles.